The fourth-order valence-corrected chi connectivity index (χ4v) is 1.76. The lowest BCUT2D eigenvalue weighted by Crippen LogP contribution is -2.21. The van der Waals surface area contributed by atoms with E-state index in [9.17, 15) is 18.0 Å². The SMILES string of the molecule is CN(C)CCNc1ccc(C(=O)Nc2ccc(F)c(F)c2F)nn1. The Labute approximate surface area is 136 Å². The zero-order valence-corrected chi connectivity index (χ0v) is 13.1. The topological polar surface area (TPSA) is 70.2 Å². The van der Waals surface area contributed by atoms with Crippen LogP contribution >= 0.6 is 0 Å². The van der Waals surface area contributed by atoms with Gasteiger partial charge in [0.2, 0.25) is 0 Å². The Bertz CT molecular complexity index is 722. The van der Waals surface area contributed by atoms with Crippen LogP contribution in [0.2, 0.25) is 0 Å². The third kappa shape index (κ3) is 4.42. The first-order valence-corrected chi connectivity index (χ1v) is 7.05. The largest absolute Gasteiger partial charge is 0.367 e. The molecule has 2 aromatic rings. The van der Waals surface area contributed by atoms with Crippen LogP contribution in [0.5, 0.6) is 0 Å². The van der Waals surface area contributed by atoms with E-state index >= 15 is 0 Å². The summed E-state index contributed by atoms with van der Waals surface area (Å²) in [6.45, 7) is 1.44. The van der Waals surface area contributed by atoms with Crippen LogP contribution < -0.4 is 10.6 Å². The molecule has 1 heterocycles. The predicted octanol–water partition coefficient (Wildman–Crippen LogP) is 2.12. The van der Waals surface area contributed by atoms with Crippen molar-refractivity contribution in [2.24, 2.45) is 0 Å². The van der Waals surface area contributed by atoms with Gasteiger partial charge in [0, 0.05) is 13.1 Å². The van der Waals surface area contributed by atoms with Gasteiger partial charge in [-0.05, 0) is 38.4 Å². The molecule has 0 atom stereocenters. The molecule has 9 heteroatoms. The van der Waals surface area contributed by atoms with Gasteiger partial charge in [0.1, 0.15) is 5.82 Å². The van der Waals surface area contributed by atoms with Crippen LogP contribution in [0, 0.1) is 17.5 Å². The summed E-state index contributed by atoms with van der Waals surface area (Å²) in [6, 6.07) is 4.57. The van der Waals surface area contributed by atoms with Gasteiger partial charge in [-0.3, -0.25) is 4.79 Å². The van der Waals surface area contributed by atoms with E-state index in [1.807, 2.05) is 19.0 Å². The average molecular weight is 339 g/mol. The van der Waals surface area contributed by atoms with Gasteiger partial charge in [0.15, 0.2) is 23.1 Å². The number of amides is 1. The first kappa shape index (κ1) is 17.7. The molecule has 128 valence electrons. The number of nitrogens with one attached hydrogen (secondary N) is 2. The van der Waals surface area contributed by atoms with Gasteiger partial charge < -0.3 is 15.5 Å². The van der Waals surface area contributed by atoms with Gasteiger partial charge in [-0.1, -0.05) is 0 Å². The van der Waals surface area contributed by atoms with Crippen LogP contribution in [0.15, 0.2) is 24.3 Å². The molecule has 2 rings (SSSR count). The zero-order valence-electron chi connectivity index (χ0n) is 13.1. The van der Waals surface area contributed by atoms with Crippen LogP contribution in [-0.2, 0) is 0 Å². The van der Waals surface area contributed by atoms with Crippen molar-refractivity contribution in [3.05, 3.63) is 47.4 Å². The number of hydrogen-bond donors (Lipinski definition) is 2. The summed E-state index contributed by atoms with van der Waals surface area (Å²) >= 11 is 0. The number of rotatable bonds is 6. The maximum absolute atomic E-state index is 13.5. The number of likely N-dealkylation sites (N-methyl/N-ethyl adjacent to an activating group) is 1. The molecule has 6 nitrogen and oxygen atoms in total. The molecule has 0 aliphatic rings. The van der Waals surface area contributed by atoms with E-state index in [-0.39, 0.29) is 5.69 Å². The van der Waals surface area contributed by atoms with Crippen molar-refractivity contribution < 1.29 is 18.0 Å². The lowest BCUT2D eigenvalue weighted by Gasteiger charge is -2.10. The number of benzene rings is 1. The fraction of sp³-hybridized carbons (Fsp3) is 0.267. The summed E-state index contributed by atoms with van der Waals surface area (Å²) in [5, 5.41) is 12.7. The highest BCUT2D eigenvalue weighted by molar-refractivity contribution is 6.02. The normalized spacial score (nSPS) is 10.8. The van der Waals surface area contributed by atoms with E-state index in [2.05, 4.69) is 20.8 Å². The lowest BCUT2D eigenvalue weighted by molar-refractivity contribution is 0.102. The van der Waals surface area contributed by atoms with Gasteiger partial charge in [0.25, 0.3) is 5.91 Å². The molecule has 0 saturated carbocycles. The molecule has 0 spiro atoms. The first-order chi connectivity index (χ1) is 11.4. The van der Waals surface area contributed by atoms with Crippen molar-refractivity contribution in [2.45, 2.75) is 0 Å². The molecule has 24 heavy (non-hydrogen) atoms. The smallest absolute Gasteiger partial charge is 0.276 e. The molecule has 0 aliphatic heterocycles. The molecule has 0 saturated heterocycles. The fourth-order valence-electron chi connectivity index (χ4n) is 1.76. The molecule has 0 radical (unpaired) electrons. The van der Waals surface area contributed by atoms with Crippen LogP contribution in [-0.4, -0.2) is 48.2 Å². The Kier molecular flexibility index (Phi) is 5.69. The van der Waals surface area contributed by atoms with Gasteiger partial charge in [0.05, 0.1) is 5.69 Å². The van der Waals surface area contributed by atoms with Crippen molar-refractivity contribution in [1.29, 1.82) is 0 Å². The second-order valence-electron chi connectivity index (χ2n) is 5.21. The number of hydrogen-bond acceptors (Lipinski definition) is 5. The van der Waals surface area contributed by atoms with Crippen molar-refractivity contribution in [3.8, 4) is 0 Å². The number of carbonyl (C=O) groups is 1. The average Bonchev–Trinajstić information content (AvgIpc) is 2.55. The molecule has 0 unspecified atom stereocenters. The minimum absolute atomic E-state index is 0.0858. The summed E-state index contributed by atoms with van der Waals surface area (Å²) in [6.07, 6.45) is 0. The van der Waals surface area contributed by atoms with E-state index in [0.29, 0.717) is 12.4 Å². The van der Waals surface area contributed by atoms with E-state index in [0.717, 1.165) is 18.7 Å². The molecule has 0 fully saturated rings. The first-order valence-electron chi connectivity index (χ1n) is 7.05. The van der Waals surface area contributed by atoms with Crippen LogP contribution in [0.25, 0.3) is 0 Å². The highest BCUT2D eigenvalue weighted by Gasteiger charge is 2.16. The second kappa shape index (κ2) is 7.73. The van der Waals surface area contributed by atoms with E-state index in [1.54, 1.807) is 6.07 Å². The Morgan fingerprint density at radius 1 is 1.08 bits per heavy atom. The Morgan fingerprint density at radius 2 is 1.83 bits per heavy atom. The molecule has 0 bridgehead atoms. The van der Waals surface area contributed by atoms with Crippen LogP contribution in [0.3, 0.4) is 0 Å². The van der Waals surface area contributed by atoms with Crippen LogP contribution in [0.4, 0.5) is 24.7 Å². The molecular weight excluding hydrogens is 323 g/mol. The summed E-state index contributed by atoms with van der Waals surface area (Å²) in [5.74, 6) is -4.77. The number of nitrogens with zero attached hydrogens (tertiary/aromatic N) is 3. The number of anilines is 2. The van der Waals surface area contributed by atoms with Crippen LogP contribution in [0.1, 0.15) is 10.5 Å². The number of aromatic nitrogens is 2. The third-order valence-corrected chi connectivity index (χ3v) is 3.05. The van der Waals surface area contributed by atoms with E-state index in [1.165, 1.54) is 6.07 Å². The highest BCUT2D eigenvalue weighted by Crippen LogP contribution is 2.20. The quantitative estimate of drug-likeness (QED) is 0.789. The summed E-state index contributed by atoms with van der Waals surface area (Å²) in [7, 11) is 3.86. The molecule has 2 N–H and O–H groups in total. The predicted molar refractivity (Wildman–Crippen MR) is 83.3 cm³/mol. The summed E-state index contributed by atoms with van der Waals surface area (Å²) in [4.78, 5) is 13.9. The molecule has 1 aromatic carbocycles. The van der Waals surface area contributed by atoms with Gasteiger partial charge in [-0.2, -0.15) is 0 Å². The number of carbonyl (C=O) groups excluding carboxylic acids is 1. The minimum atomic E-state index is -1.65. The Balaban J connectivity index is 2.01. The minimum Gasteiger partial charge on any atom is -0.367 e. The van der Waals surface area contributed by atoms with Crippen molar-refractivity contribution in [2.75, 3.05) is 37.8 Å². The van der Waals surface area contributed by atoms with Gasteiger partial charge in [-0.25, -0.2) is 13.2 Å². The van der Waals surface area contributed by atoms with Crippen molar-refractivity contribution >= 4 is 17.4 Å². The Hall–Kier alpha value is -2.68. The maximum atomic E-state index is 13.5. The summed E-state index contributed by atoms with van der Waals surface area (Å²) in [5.41, 5.74) is -0.564. The standard InChI is InChI=1S/C15H16F3N5O/c1-23(2)8-7-19-12-6-5-11(21-22-12)15(24)20-10-4-3-9(16)13(17)14(10)18/h3-6H,7-8H2,1-2H3,(H,19,22)(H,20,24). The van der Waals surface area contributed by atoms with Gasteiger partial charge in [-0.15, -0.1) is 10.2 Å². The van der Waals surface area contributed by atoms with Gasteiger partial charge >= 0.3 is 0 Å². The second-order valence-corrected chi connectivity index (χ2v) is 5.21. The zero-order chi connectivity index (χ0) is 17.7. The monoisotopic (exact) mass is 339 g/mol. The summed E-state index contributed by atoms with van der Waals surface area (Å²) < 4.78 is 39.5. The maximum Gasteiger partial charge on any atom is 0.276 e. The molecule has 1 amide bonds. The van der Waals surface area contributed by atoms with Crippen molar-refractivity contribution in [3.63, 3.8) is 0 Å². The van der Waals surface area contributed by atoms with E-state index < -0.39 is 29.0 Å². The molecular formula is C15H16F3N5O. The van der Waals surface area contributed by atoms with E-state index in [4.69, 9.17) is 0 Å². The lowest BCUT2D eigenvalue weighted by atomic mass is 10.2. The van der Waals surface area contributed by atoms with Crippen molar-refractivity contribution in [1.82, 2.24) is 15.1 Å². The molecule has 0 aliphatic carbocycles. The molecule has 1 aromatic heterocycles. The third-order valence-electron chi connectivity index (χ3n) is 3.05. The highest BCUT2D eigenvalue weighted by atomic mass is 19.2. The number of halogens is 3. The Morgan fingerprint density at radius 3 is 2.46 bits per heavy atom.